The molecule has 1 amide bonds. The van der Waals surface area contributed by atoms with Crippen molar-refractivity contribution < 1.29 is 4.79 Å². The van der Waals surface area contributed by atoms with E-state index < -0.39 is 5.56 Å². The van der Waals surface area contributed by atoms with E-state index in [-0.39, 0.29) is 17.5 Å². The van der Waals surface area contributed by atoms with Gasteiger partial charge in [-0.2, -0.15) is 0 Å². The number of nitrogens with one attached hydrogen (secondary N) is 1. The van der Waals surface area contributed by atoms with E-state index in [1.165, 1.54) is 6.20 Å². The Kier molecular flexibility index (Phi) is 6.01. The maximum absolute atomic E-state index is 13.1. The Bertz CT molecular complexity index is 984. The molecular weight excluding hydrogens is 352 g/mol. The summed E-state index contributed by atoms with van der Waals surface area (Å²) in [5, 5.41) is 0. The van der Waals surface area contributed by atoms with E-state index in [1.807, 2.05) is 79.7 Å². The number of carbonyl (C=O) groups is 1. The van der Waals surface area contributed by atoms with E-state index in [0.29, 0.717) is 12.4 Å². The van der Waals surface area contributed by atoms with Gasteiger partial charge in [-0.15, -0.1) is 0 Å². The van der Waals surface area contributed by atoms with Gasteiger partial charge in [-0.05, 0) is 19.7 Å². The molecule has 0 aliphatic carbocycles. The number of amides is 1. The summed E-state index contributed by atoms with van der Waals surface area (Å²) in [4.78, 5) is 36.3. The van der Waals surface area contributed by atoms with Crippen LogP contribution in [0, 0.1) is 0 Å². The summed E-state index contributed by atoms with van der Waals surface area (Å²) in [6.45, 7) is 0.639. The lowest BCUT2D eigenvalue weighted by atomic mass is 10.0. The number of nitrogens with zero attached hydrogens (tertiary/aromatic N) is 3. The van der Waals surface area contributed by atoms with Crippen LogP contribution >= 0.6 is 0 Å². The quantitative estimate of drug-likeness (QED) is 0.718. The third-order valence-corrected chi connectivity index (χ3v) is 4.59. The number of benzene rings is 2. The smallest absolute Gasteiger partial charge is 0.264 e. The molecule has 3 rings (SSSR count). The normalized spacial score (nSPS) is 12.0. The molecule has 0 saturated heterocycles. The van der Waals surface area contributed by atoms with Crippen LogP contribution in [0.4, 0.5) is 0 Å². The summed E-state index contributed by atoms with van der Waals surface area (Å²) in [5.74, 6) is 0.0850. The first-order chi connectivity index (χ1) is 13.5. The fourth-order valence-corrected chi connectivity index (χ4v) is 3.09. The number of rotatable bonds is 6. The number of likely N-dealkylation sites (N-methyl/N-ethyl adjacent to an activating group) is 2. The van der Waals surface area contributed by atoms with Crippen molar-refractivity contribution >= 4 is 5.91 Å². The molecule has 0 saturated carbocycles. The topological polar surface area (TPSA) is 69.3 Å². The van der Waals surface area contributed by atoms with Crippen LogP contribution in [0.5, 0.6) is 0 Å². The summed E-state index contributed by atoms with van der Waals surface area (Å²) in [5.41, 5.74) is 1.39. The van der Waals surface area contributed by atoms with Gasteiger partial charge in [-0.3, -0.25) is 9.59 Å². The van der Waals surface area contributed by atoms with E-state index in [1.54, 1.807) is 11.9 Å². The van der Waals surface area contributed by atoms with Crippen molar-refractivity contribution in [2.45, 2.75) is 6.04 Å². The molecule has 0 spiro atoms. The summed E-state index contributed by atoms with van der Waals surface area (Å²) in [7, 11) is 5.63. The minimum absolute atomic E-state index is 0.0295. The van der Waals surface area contributed by atoms with E-state index in [9.17, 15) is 9.59 Å². The fraction of sp³-hybridized carbons (Fsp3) is 0.227. The Labute approximate surface area is 164 Å². The lowest BCUT2D eigenvalue weighted by molar-refractivity contribution is 0.0703. The van der Waals surface area contributed by atoms with Crippen LogP contribution in [0.1, 0.15) is 22.0 Å². The lowest BCUT2D eigenvalue weighted by Crippen LogP contribution is -2.39. The van der Waals surface area contributed by atoms with Gasteiger partial charge in [0.15, 0.2) is 0 Å². The first-order valence-corrected chi connectivity index (χ1v) is 9.09. The van der Waals surface area contributed by atoms with Crippen molar-refractivity contribution in [3.05, 3.63) is 88.3 Å². The average molecular weight is 376 g/mol. The standard InChI is InChI=1S/C22H24N4O2/c1-25(2)15-19(16-10-6-4-7-11-16)26(3)22(28)18-14-23-20(24-21(18)27)17-12-8-5-9-13-17/h4-14,19H,15H2,1-3H3,(H,23,24,27). The van der Waals surface area contributed by atoms with Crippen molar-refractivity contribution in [3.8, 4) is 11.4 Å². The highest BCUT2D eigenvalue weighted by Crippen LogP contribution is 2.21. The molecule has 1 heterocycles. The van der Waals surface area contributed by atoms with Crippen LogP contribution in [0.15, 0.2) is 71.7 Å². The van der Waals surface area contributed by atoms with Crippen molar-refractivity contribution in [1.29, 1.82) is 0 Å². The molecule has 1 atom stereocenters. The predicted molar refractivity (Wildman–Crippen MR) is 110 cm³/mol. The van der Waals surface area contributed by atoms with E-state index >= 15 is 0 Å². The van der Waals surface area contributed by atoms with Crippen LogP contribution in [0.3, 0.4) is 0 Å². The largest absolute Gasteiger partial charge is 0.333 e. The van der Waals surface area contributed by atoms with E-state index in [2.05, 4.69) is 9.97 Å². The van der Waals surface area contributed by atoms with Crippen LogP contribution < -0.4 is 5.56 Å². The van der Waals surface area contributed by atoms with Crippen molar-refractivity contribution in [2.75, 3.05) is 27.7 Å². The Morgan fingerprint density at radius 3 is 2.18 bits per heavy atom. The molecule has 1 N–H and O–H groups in total. The first-order valence-electron chi connectivity index (χ1n) is 9.09. The van der Waals surface area contributed by atoms with Gasteiger partial charge in [0.25, 0.3) is 11.5 Å². The zero-order chi connectivity index (χ0) is 20.1. The van der Waals surface area contributed by atoms with E-state index in [4.69, 9.17) is 0 Å². The van der Waals surface area contributed by atoms with Crippen LogP contribution in [0.25, 0.3) is 11.4 Å². The third kappa shape index (κ3) is 4.35. The van der Waals surface area contributed by atoms with Gasteiger partial charge in [0.05, 0.1) is 6.04 Å². The first kappa shape index (κ1) is 19.5. The minimum atomic E-state index is -0.442. The van der Waals surface area contributed by atoms with Gasteiger partial charge in [0.1, 0.15) is 11.4 Å². The number of carbonyl (C=O) groups excluding carboxylic acids is 1. The van der Waals surface area contributed by atoms with Gasteiger partial charge in [0.2, 0.25) is 0 Å². The molecule has 1 unspecified atom stereocenters. The molecule has 0 fully saturated rings. The van der Waals surface area contributed by atoms with Crippen molar-refractivity contribution in [3.63, 3.8) is 0 Å². The number of hydrogen-bond acceptors (Lipinski definition) is 4. The molecule has 3 aromatic rings. The Balaban J connectivity index is 1.90. The van der Waals surface area contributed by atoms with Crippen molar-refractivity contribution in [1.82, 2.24) is 19.8 Å². The van der Waals surface area contributed by atoms with Gasteiger partial charge < -0.3 is 14.8 Å². The Morgan fingerprint density at radius 1 is 1.00 bits per heavy atom. The van der Waals surface area contributed by atoms with Gasteiger partial charge in [0, 0.05) is 25.4 Å². The highest BCUT2D eigenvalue weighted by atomic mass is 16.2. The zero-order valence-electron chi connectivity index (χ0n) is 16.3. The molecule has 0 aliphatic heterocycles. The Morgan fingerprint density at radius 2 is 1.61 bits per heavy atom. The maximum atomic E-state index is 13.1. The van der Waals surface area contributed by atoms with Crippen LogP contribution in [0.2, 0.25) is 0 Å². The molecule has 1 aromatic heterocycles. The van der Waals surface area contributed by atoms with Crippen LogP contribution in [-0.4, -0.2) is 53.4 Å². The van der Waals surface area contributed by atoms with E-state index in [0.717, 1.165) is 11.1 Å². The number of aromatic amines is 1. The molecule has 144 valence electrons. The minimum Gasteiger partial charge on any atom is -0.333 e. The van der Waals surface area contributed by atoms with Crippen molar-refractivity contribution in [2.24, 2.45) is 0 Å². The highest BCUT2D eigenvalue weighted by molar-refractivity contribution is 5.93. The summed E-state index contributed by atoms with van der Waals surface area (Å²) in [6, 6.07) is 19.0. The van der Waals surface area contributed by atoms with Gasteiger partial charge in [-0.25, -0.2) is 4.98 Å². The maximum Gasteiger partial charge on any atom is 0.264 e. The fourth-order valence-electron chi connectivity index (χ4n) is 3.09. The second kappa shape index (κ2) is 8.63. The molecule has 0 radical (unpaired) electrons. The third-order valence-electron chi connectivity index (χ3n) is 4.59. The summed E-state index contributed by atoms with van der Waals surface area (Å²) < 4.78 is 0. The molecule has 6 nitrogen and oxygen atoms in total. The number of hydrogen-bond donors (Lipinski definition) is 1. The molecule has 28 heavy (non-hydrogen) atoms. The second-order valence-electron chi connectivity index (χ2n) is 6.95. The summed E-state index contributed by atoms with van der Waals surface area (Å²) in [6.07, 6.45) is 1.36. The van der Waals surface area contributed by atoms with Crippen LogP contribution in [-0.2, 0) is 0 Å². The Hall–Kier alpha value is -3.25. The number of H-pyrrole nitrogens is 1. The monoisotopic (exact) mass is 376 g/mol. The number of aromatic nitrogens is 2. The summed E-state index contributed by atoms with van der Waals surface area (Å²) >= 11 is 0. The molecule has 0 aliphatic rings. The predicted octanol–water partition coefficient (Wildman–Crippen LogP) is 2.81. The van der Waals surface area contributed by atoms with Gasteiger partial charge in [-0.1, -0.05) is 60.7 Å². The average Bonchev–Trinajstić information content (AvgIpc) is 2.72. The molecule has 2 aromatic carbocycles. The molecular formula is C22H24N4O2. The second-order valence-corrected chi connectivity index (χ2v) is 6.95. The van der Waals surface area contributed by atoms with Gasteiger partial charge >= 0.3 is 0 Å². The highest BCUT2D eigenvalue weighted by Gasteiger charge is 2.25. The molecule has 0 bridgehead atoms. The lowest BCUT2D eigenvalue weighted by Gasteiger charge is -2.30. The zero-order valence-corrected chi connectivity index (χ0v) is 16.3. The molecule has 6 heteroatoms. The SMILES string of the molecule is CN(C)CC(c1ccccc1)N(C)C(=O)c1cnc(-c2ccccc2)[nH]c1=O.